The molecule has 1 saturated heterocycles. The van der Waals surface area contributed by atoms with E-state index in [4.69, 9.17) is 0 Å². The standard InChI is InChI=1S/C14H21N/c1-3-13-9-10-15(11-13)12(2)14-7-5-4-6-8-14/h4-8,12-13H,3,9-11H2,1-2H3. The molecule has 0 spiro atoms. The maximum Gasteiger partial charge on any atom is 0.0319 e. The average Bonchev–Trinajstić information content (AvgIpc) is 2.78. The highest BCUT2D eigenvalue weighted by Gasteiger charge is 2.25. The second kappa shape index (κ2) is 4.80. The number of likely N-dealkylation sites (tertiary alicyclic amines) is 1. The number of benzene rings is 1. The van der Waals surface area contributed by atoms with Gasteiger partial charge in [0.25, 0.3) is 0 Å². The van der Waals surface area contributed by atoms with Crippen LogP contribution in [0, 0.1) is 5.92 Å². The van der Waals surface area contributed by atoms with Crippen molar-refractivity contribution in [3.8, 4) is 0 Å². The molecule has 1 aliphatic rings. The minimum atomic E-state index is 0.586. The molecule has 2 atom stereocenters. The number of hydrogen-bond acceptors (Lipinski definition) is 1. The van der Waals surface area contributed by atoms with E-state index >= 15 is 0 Å². The van der Waals surface area contributed by atoms with Crippen molar-refractivity contribution in [3.63, 3.8) is 0 Å². The van der Waals surface area contributed by atoms with E-state index in [0.29, 0.717) is 6.04 Å². The van der Waals surface area contributed by atoms with Gasteiger partial charge in [-0.25, -0.2) is 0 Å². The number of rotatable bonds is 3. The summed E-state index contributed by atoms with van der Waals surface area (Å²) in [5, 5.41) is 0. The van der Waals surface area contributed by atoms with E-state index in [0.717, 1.165) is 5.92 Å². The molecule has 2 unspecified atom stereocenters. The van der Waals surface area contributed by atoms with E-state index in [9.17, 15) is 0 Å². The molecule has 1 aromatic carbocycles. The van der Waals surface area contributed by atoms with Crippen molar-refractivity contribution in [2.75, 3.05) is 13.1 Å². The smallest absolute Gasteiger partial charge is 0.0319 e. The fourth-order valence-electron chi connectivity index (χ4n) is 2.49. The summed E-state index contributed by atoms with van der Waals surface area (Å²) in [6.07, 6.45) is 2.71. The Kier molecular flexibility index (Phi) is 3.42. The summed E-state index contributed by atoms with van der Waals surface area (Å²) in [5.41, 5.74) is 1.45. The van der Waals surface area contributed by atoms with Crippen LogP contribution in [0.3, 0.4) is 0 Å². The van der Waals surface area contributed by atoms with Gasteiger partial charge >= 0.3 is 0 Å². The van der Waals surface area contributed by atoms with E-state index in [2.05, 4.69) is 49.1 Å². The quantitative estimate of drug-likeness (QED) is 0.727. The molecule has 0 amide bonds. The molecule has 0 N–H and O–H groups in total. The minimum Gasteiger partial charge on any atom is -0.296 e. The number of hydrogen-bond donors (Lipinski definition) is 0. The Hall–Kier alpha value is -0.820. The summed E-state index contributed by atoms with van der Waals surface area (Å²) in [6, 6.07) is 11.4. The van der Waals surface area contributed by atoms with Gasteiger partial charge in [0.2, 0.25) is 0 Å². The van der Waals surface area contributed by atoms with Crippen LogP contribution in [0.4, 0.5) is 0 Å². The molecule has 1 heterocycles. The van der Waals surface area contributed by atoms with Crippen LogP contribution in [0.15, 0.2) is 30.3 Å². The zero-order valence-corrected chi connectivity index (χ0v) is 9.82. The van der Waals surface area contributed by atoms with Gasteiger partial charge in [0.1, 0.15) is 0 Å². The van der Waals surface area contributed by atoms with E-state index in [1.807, 2.05) is 0 Å². The first kappa shape index (κ1) is 10.7. The first-order valence-electron chi connectivity index (χ1n) is 6.10. The Morgan fingerprint density at radius 3 is 2.67 bits per heavy atom. The topological polar surface area (TPSA) is 3.24 Å². The minimum absolute atomic E-state index is 0.586. The zero-order chi connectivity index (χ0) is 10.7. The summed E-state index contributed by atoms with van der Waals surface area (Å²) in [4.78, 5) is 2.61. The van der Waals surface area contributed by atoms with Gasteiger partial charge in [-0.1, -0.05) is 43.7 Å². The van der Waals surface area contributed by atoms with Gasteiger partial charge < -0.3 is 0 Å². The average molecular weight is 203 g/mol. The van der Waals surface area contributed by atoms with Crippen LogP contribution in [0.25, 0.3) is 0 Å². The molecule has 0 radical (unpaired) electrons. The van der Waals surface area contributed by atoms with Crippen LogP contribution >= 0.6 is 0 Å². The van der Waals surface area contributed by atoms with Crippen molar-refractivity contribution in [1.29, 1.82) is 0 Å². The van der Waals surface area contributed by atoms with Crippen LogP contribution in [-0.4, -0.2) is 18.0 Å². The molecule has 15 heavy (non-hydrogen) atoms. The normalized spacial score (nSPS) is 24.3. The Labute approximate surface area is 93.1 Å². The Morgan fingerprint density at radius 1 is 1.33 bits per heavy atom. The zero-order valence-electron chi connectivity index (χ0n) is 9.82. The predicted molar refractivity (Wildman–Crippen MR) is 64.8 cm³/mol. The van der Waals surface area contributed by atoms with Crippen LogP contribution < -0.4 is 0 Å². The van der Waals surface area contributed by atoms with E-state index < -0.39 is 0 Å². The molecule has 0 bridgehead atoms. The first-order valence-corrected chi connectivity index (χ1v) is 6.10. The summed E-state index contributed by atoms with van der Waals surface area (Å²) >= 11 is 0. The van der Waals surface area contributed by atoms with Gasteiger partial charge in [0.15, 0.2) is 0 Å². The summed E-state index contributed by atoms with van der Waals surface area (Å²) < 4.78 is 0. The fraction of sp³-hybridized carbons (Fsp3) is 0.571. The SMILES string of the molecule is CCC1CCN(C(C)c2ccccc2)C1. The van der Waals surface area contributed by atoms with E-state index in [1.165, 1.54) is 31.5 Å². The molecule has 0 saturated carbocycles. The molecule has 0 aromatic heterocycles. The highest BCUT2D eigenvalue weighted by molar-refractivity contribution is 5.18. The molecule has 1 heteroatoms. The maximum absolute atomic E-state index is 2.61. The van der Waals surface area contributed by atoms with Crippen LogP contribution in [0.2, 0.25) is 0 Å². The molecular weight excluding hydrogens is 182 g/mol. The van der Waals surface area contributed by atoms with Crippen molar-refractivity contribution in [2.24, 2.45) is 5.92 Å². The Morgan fingerprint density at radius 2 is 2.07 bits per heavy atom. The molecule has 0 aliphatic carbocycles. The molecule has 2 rings (SSSR count). The van der Waals surface area contributed by atoms with Gasteiger partial charge in [-0.05, 0) is 31.4 Å². The van der Waals surface area contributed by atoms with Gasteiger partial charge in [0, 0.05) is 12.6 Å². The van der Waals surface area contributed by atoms with Crippen molar-refractivity contribution >= 4 is 0 Å². The van der Waals surface area contributed by atoms with Crippen molar-refractivity contribution < 1.29 is 0 Å². The third-order valence-electron chi connectivity index (χ3n) is 3.72. The molecule has 1 fully saturated rings. The summed E-state index contributed by atoms with van der Waals surface area (Å²) in [7, 11) is 0. The van der Waals surface area contributed by atoms with Crippen LogP contribution in [-0.2, 0) is 0 Å². The summed E-state index contributed by atoms with van der Waals surface area (Å²) in [5.74, 6) is 0.927. The largest absolute Gasteiger partial charge is 0.296 e. The third-order valence-corrected chi connectivity index (χ3v) is 3.72. The predicted octanol–water partition coefficient (Wildman–Crippen LogP) is 3.48. The molecule has 82 valence electrons. The molecular formula is C14H21N. The van der Waals surface area contributed by atoms with Gasteiger partial charge in [-0.3, -0.25) is 4.90 Å². The van der Waals surface area contributed by atoms with Crippen LogP contribution in [0.5, 0.6) is 0 Å². The second-order valence-electron chi connectivity index (χ2n) is 4.64. The molecule has 1 nitrogen and oxygen atoms in total. The maximum atomic E-state index is 2.61. The first-order chi connectivity index (χ1) is 7.31. The fourth-order valence-corrected chi connectivity index (χ4v) is 2.49. The Balaban J connectivity index is 2.00. The van der Waals surface area contributed by atoms with E-state index in [-0.39, 0.29) is 0 Å². The summed E-state index contributed by atoms with van der Waals surface area (Å²) in [6.45, 7) is 7.19. The lowest BCUT2D eigenvalue weighted by Gasteiger charge is -2.24. The Bertz CT molecular complexity index is 293. The highest BCUT2D eigenvalue weighted by atomic mass is 15.2. The lowest BCUT2D eigenvalue weighted by atomic mass is 10.1. The van der Waals surface area contributed by atoms with Crippen LogP contribution in [0.1, 0.15) is 38.3 Å². The van der Waals surface area contributed by atoms with Crippen molar-refractivity contribution in [2.45, 2.75) is 32.7 Å². The van der Waals surface area contributed by atoms with Gasteiger partial charge in [-0.15, -0.1) is 0 Å². The highest BCUT2D eigenvalue weighted by Crippen LogP contribution is 2.28. The van der Waals surface area contributed by atoms with E-state index in [1.54, 1.807) is 0 Å². The molecule has 1 aromatic rings. The lowest BCUT2D eigenvalue weighted by Crippen LogP contribution is -2.24. The van der Waals surface area contributed by atoms with Crippen molar-refractivity contribution in [1.82, 2.24) is 4.90 Å². The lowest BCUT2D eigenvalue weighted by molar-refractivity contribution is 0.252. The van der Waals surface area contributed by atoms with Crippen molar-refractivity contribution in [3.05, 3.63) is 35.9 Å². The second-order valence-corrected chi connectivity index (χ2v) is 4.64. The third kappa shape index (κ3) is 2.40. The number of nitrogens with zero attached hydrogens (tertiary/aromatic N) is 1. The van der Waals surface area contributed by atoms with Gasteiger partial charge in [0.05, 0.1) is 0 Å². The van der Waals surface area contributed by atoms with Gasteiger partial charge in [-0.2, -0.15) is 0 Å². The monoisotopic (exact) mass is 203 g/mol. The molecule has 1 aliphatic heterocycles.